The fraction of sp³-hybridized carbons (Fsp3) is 0.385. The zero-order valence-corrected chi connectivity index (χ0v) is 9.32. The number of fused-ring (bicyclic) bond motifs is 1. The number of rotatable bonds is 2. The van der Waals surface area contributed by atoms with Crippen LogP contribution in [0.4, 0.5) is 5.69 Å². The minimum atomic E-state index is 0.00439. The smallest absolute Gasteiger partial charge is 0.163 e. The van der Waals surface area contributed by atoms with Crippen LogP contribution in [0.3, 0.4) is 0 Å². The first-order chi connectivity index (χ1) is 7.79. The molecule has 1 N–H and O–H groups in total. The normalized spacial score (nSPS) is 15.8. The predicted octanol–water partition coefficient (Wildman–Crippen LogP) is 2.28. The van der Waals surface area contributed by atoms with Gasteiger partial charge in [-0.05, 0) is 19.1 Å². The molecule has 1 unspecified atom stereocenters. The van der Waals surface area contributed by atoms with Gasteiger partial charge in [0.05, 0.1) is 19.3 Å². The van der Waals surface area contributed by atoms with Gasteiger partial charge in [-0.3, -0.25) is 0 Å². The van der Waals surface area contributed by atoms with E-state index in [9.17, 15) is 0 Å². The van der Waals surface area contributed by atoms with E-state index in [0.717, 1.165) is 23.6 Å². The molecule has 0 saturated carbocycles. The molecule has 0 saturated heterocycles. The first-order valence-corrected chi connectivity index (χ1v) is 5.42. The van der Waals surface area contributed by atoms with E-state index in [1.165, 1.54) is 0 Å². The molecule has 0 aliphatic carbocycles. The number of hydrogen-bond donors (Lipinski definition) is 1. The van der Waals surface area contributed by atoms with E-state index in [1.807, 2.05) is 25.1 Å². The fourth-order valence-electron chi connectivity index (χ4n) is 1.54. The molecule has 1 aromatic carbocycles. The van der Waals surface area contributed by atoms with E-state index in [1.54, 1.807) is 0 Å². The first kappa shape index (κ1) is 10.7. The summed E-state index contributed by atoms with van der Waals surface area (Å²) in [5.41, 5.74) is 0.953. The molecule has 3 nitrogen and oxygen atoms in total. The van der Waals surface area contributed by atoms with Crippen LogP contribution < -0.4 is 14.8 Å². The first-order valence-electron chi connectivity index (χ1n) is 5.42. The highest BCUT2D eigenvalue weighted by atomic mass is 16.5. The van der Waals surface area contributed by atoms with Crippen molar-refractivity contribution in [2.75, 3.05) is 18.5 Å². The van der Waals surface area contributed by atoms with Crippen LogP contribution in [0.2, 0.25) is 0 Å². The highest BCUT2D eigenvalue weighted by Crippen LogP contribution is 2.32. The molecule has 3 heteroatoms. The zero-order valence-electron chi connectivity index (χ0n) is 9.32. The van der Waals surface area contributed by atoms with Crippen molar-refractivity contribution >= 4 is 5.69 Å². The van der Waals surface area contributed by atoms with E-state index in [-0.39, 0.29) is 6.04 Å². The lowest BCUT2D eigenvalue weighted by Crippen LogP contribution is -2.11. The van der Waals surface area contributed by atoms with Crippen LogP contribution in [-0.4, -0.2) is 19.3 Å². The summed E-state index contributed by atoms with van der Waals surface area (Å²) in [7, 11) is 0. The van der Waals surface area contributed by atoms with Crippen molar-refractivity contribution in [2.24, 2.45) is 0 Å². The van der Waals surface area contributed by atoms with Crippen LogP contribution in [0.5, 0.6) is 11.5 Å². The Morgan fingerprint density at radius 3 is 2.81 bits per heavy atom. The molecule has 1 heterocycles. The molecule has 2 rings (SSSR count). The second-order valence-corrected chi connectivity index (χ2v) is 3.74. The third-order valence-electron chi connectivity index (χ3n) is 2.38. The summed E-state index contributed by atoms with van der Waals surface area (Å²) < 4.78 is 11.1. The Kier molecular flexibility index (Phi) is 3.21. The van der Waals surface area contributed by atoms with Crippen LogP contribution in [0.25, 0.3) is 0 Å². The second-order valence-electron chi connectivity index (χ2n) is 3.74. The molecule has 0 aromatic heterocycles. The van der Waals surface area contributed by atoms with Gasteiger partial charge in [-0.2, -0.15) is 0 Å². The minimum Gasteiger partial charge on any atom is -0.490 e. The molecule has 0 radical (unpaired) electrons. The van der Waals surface area contributed by atoms with E-state index in [0.29, 0.717) is 13.2 Å². The molecule has 0 spiro atoms. The molecular formula is C13H15NO2. The van der Waals surface area contributed by atoms with Gasteiger partial charge in [0, 0.05) is 18.2 Å². The van der Waals surface area contributed by atoms with E-state index >= 15 is 0 Å². The lowest BCUT2D eigenvalue weighted by Gasteiger charge is -2.12. The van der Waals surface area contributed by atoms with Gasteiger partial charge in [-0.15, -0.1) is 6.42 Å². The molecule has 84 valence electrons. The van der Waals surface area contributed by atoms with Crippen molar-refractivity contribution < 1.29 is 9.47 Å². The number of hydrogen-bond acceptors (Lipinski definition) is 3. The Labute approximate surface area is 95.8 Å². The third-order valence-corrected chi connectivity index (χ3v) is 2.38. The Hall–Kier alpha value is -1.82. The highest BCUT2D eigenvalue weighted by Gasteiger charge is 2.10. The standard InChI is InChI=1S/C13H15NO2/c1-3-10(2)14-11-5-6-12-13(9-11)16-8-4-7-15-12/h1,5-6,9-10,14H,4,7-8H2,2H3. The Morgan fingerprint density at radius 1 is 1.31 bits per heavy atom. The molecule has 0 amide bonds. The van der Waals surface area contributed by atoms with Gasteiger partial charge in [0.1, 0.15) is 0 Å². The molecule has 0 fully saturated rings. The summed E-state index contributed by atoms with van der Waals surface area (Å²) in [6.07, 6.45) is 6.23. The summed E-state index contributed by atoms with van der Waals surface area (Å²) in [4.78, 5) is 0. The molecule has 16 heavy (non-hydrogen) atoms. The Balaban J connectivity index is 2.18. The van der Waals surface area contributed by atoms with Gasteiger partial charge in [-0.1, -0.05) is 5.92 Å². The van der Waals surface area contributed by atoms with E-state index in [4.69, 9.17) is 15.9 Å². The van der Waals surface area contributed by atoms with Crippen LogP contribution >= 0.6 is 0 Å². The highest BCUT2D eigenvalue weighted by molar-refractivity contribution is 5.55. The largest absolute Gasteiger partial charge is 0.490 e. The molecule has 1 atom stereocenters. The summed E-state index contributed by atoms with van der Waals surface area (Å²) >= 11 is 0. The molecular weight excluding hydrogens is 202 g/mol. The van der Waals surface area contributed by atoms with Crippen molar-refractivity contribution in [3.8, 4) is 23.8 Å². The van der Waals surface area contributed by atoms with Gasteiger partial charge >= 0.3 is 0 Å². The number of ether oxygens (including phenoxy) is 2. The average Bonchev–Trinajstić information content (AvgIpc) is 2.53. The molecule has 1 aliphatic rings. The molecule has 1 aliphatic heterocycles. The van der Waals surface area contributed by atoms with Gasteiger partial charge in [0.25, 0.3) is 0 Å². The average molecular weight is 217 g/mol. The van der Waals surface area contributed by atoms with E-state index < -0.39 is 0 Å². The number of benzene rings is 1. The predicted molar refractivity (Wildman–Crippen MR) is 64.0 cm³/mol. The number of terminal acetylenes is 1. The van der Waals surface area contributed by atoms with Crippen molar-refractivity contribution in [3.05, 3.63) is 18.2 Å². The Bertz CT molecular complexity index is 409. The topological polar surface area (TPSA) is 30.5 Å². The summed E-state index contributed by atoms with van der Waals surface area (Å²) in [6, 6.07) is 5.78. The van der Waals surface area contributed by atoms with Crippen LogP contribution in [0.1, 0.15) is 13.3 Å². The maximum Gasteiger partial charge on any atom is 0.163 e. The second kappa shape index (κ2) is 4.80. The van der Waals surface area contributed by atoms with Crippen LogP contribution in [0, 0.1) is 12.3 Å². The van der Waals surface area contributed by atoms with Gasteiger partial charge in [0.2, 0.25) is 0 Å². The van der Waals surface area contributed by atoms with Crippen molar-refractivity contribution in [3.63, 3.8) is 0 Å². The van der Waals surface area contributed by atoms with Crippen molar-refractivity contribution in [2.45, 2.75) is 19.4 Å². The third kappa shape index (κ3) is 2.40. The zero-order chi connectivity index (χ0) is 11.4. The fourth-order valence-corrected chi connectivity index (χ4v) is 1.54. The molecule has 1 aromatic rings. The number of anilines is 1. The van der Waals surface area contributed by atoms with Gasteiger partial charge in [-0.25, -0.2) is 0 Å². The SMILES string of the molecule is C#CC(C)Nc1ccc2c(c1)OCCCO2. The summed E-state index contributed by atoms with van der Waals surface area (Å²) in [5, 5.41) is 3.19. The van der Waals surface area contributed by atoms with Crippen LogP contribution in [-0.2, 0) is 0 Å². The quantitative estimate of drug-likeness (QED) is 0.771. The van der Waals surface area contributed by atoms with Gasteiger partial charge < -0.3 is 14.8 Å². The monoisotopic (exact) mass is 217 g/mol. The van der Waals surface area contributed by atoms with Crippen molar-refractivity contribution in [1.29, 1.82) is 0 Å². The summed E-state index contributed by atoms with van der Waals surface area (Å²) in [6.45, 7) is 3.34. The van der Waals surface area contributed by atoms with Crippen molar-refractivity contribution in [1.82, 2.24) is 0 Å². The van der Waals surface area contributed by atoms with Crippen LogP contribution in [0.15, 0.2) is 18.2 Å². The van der Waals surface area contributed by atoms with E-state index in [2.05, 4.69) is 11.2 Å². The summed E-state index contributed by atoms with van der Waals surface area (Å²) in [5.74, 6) is 4.21. The van der Waals surface area contributed by atoms with Gasteiger partial charge in [0.15, 0.2) is 11.5 Å². The maximum atomic E-state index is 5.59. The maximum absolute atomic E-state index is 5.59. The lowest BCUT2D eigenvalue weighted by atomic mass is 10.2. The minimum absolute atomic E-state index is 0.00439. The number of nitrogens with one attached hydrogen (secondary N) is 1. The molecule has 0 bridgehead atoms. The lowest BCUT2D eigenvalue weighted by molar-refractivity contribution is 0.297. The Morgan fingerprint density at radius 2 is 2.06 bits per heavy atom.